The number of likely N-dealkylation sites (N-methyl/N-ethyl adjacent to an activating group) is 1. The first kappa shape index (κ1) is 52.6. The van der Waals surface area contributed by atoms with E-state index in [2.05, 4.69) is 28.5 Å². The molecule has 3 aromatic carbocycles. The number of amides is 3. The molecular weight excluding hydrogens is 850 g/mol. The van der Waals surface area contributed by atoms with E-state index in [0.29, 0.717) is 48.5 Å². The van der Waals surface area contributed by atoms with E-state index in [-0.39, 0.29) is 41.5 Å². The number of ether oxygens (including phenoxy) is 3. The molecular formula is C51H60ClN3O10. The average molecular weight is 911 g/mol. The van der Waals surface area contributed by atoms with E-state index in [4.69, 9.17) is 25.5 Å². The minimum Gasteiger partial charge on any atom is -0.428 e. The molecule has 1 unspecified atom stereocenters. The summed E-state index contributed by atoms with van der Waals surface area (Å²) in [7, 11) is 1.64. The summed E-state index contributed by atoms with van der Waals surface area (Å²) in [6, 6.07) is 20.1. The molecule has 14 heteroatoms. The van der Waals surface area contributed by atoms with Crippen LogP contribution in [0.25, 0.3) is 16.5 Å². The molecule has 1 aliphatic carbocycles. The number of allylic oxidation sites excluding steroid dienone is 5. The number of aryl methyl sites for hydroxylation is 1. The molecule has 65 heavy (non-hydrogen) atoms. The molecule has 0 bridgehead atoms. The van der Waals surface area contributed by atoms with Gasteiger partial charge in [0.05, 0.1) is 12.5 Å². The van der Waals surface area contributed by atoms with Gasteiger partial charge in [-0.25, -0.2) is 14.4 Å². The summed E-state index contributed by atoms with van der Waals surface area (Å²) in [5.41, 5.74) is 2.07. The van der Waals surface area contributed by atoms with Crippen LogP contribution in [0.1, 0.15) is 81.9 Å². The van der Waals surface area contributed by atoms with Crippen LogP contribution in [0.2, 0.25) is 0 Å². The second-order valence-corrected chi connectivity index (χ2v) is 15.7. The quantitative estimate of drug-likeness (QED) is 0.0424. The molecule has 5 rings (SSSR count). The van der Waals surface area contributed by atoms with Gasteiger partial charge in [-0.2, -0.15) is 0 Å². The first-order chi connectivity index (χ1) is 31.2. The Hall–Kier alpha value is -6.73. The van der Waals surface area contributed by atoms with E-state index in [1.165, 1.54) is 55.2 Å². The number of fused-ring (bicyclic) bond motifs is 1. The van der Waals surface area contributed by atoms with E-state index in [1.54, 1.807) is 51.2 Å². The number of nitrogens with one attached hydrogen (secondary N) is 2. The minimum absolute atomic E-state index is 0.106. The van der Waals surface area contributed by atoms with Crippen LogP contribution in [0.15, 0.2) is 126 Å². The Kier molecular flexibility index (Phi) is 23.4. The first-order valence-corrected chi connectivity index (χ1v) is 21.9. The molecule has 13 nitrogen and oxygen atoms in total. The van der Waals surface area contributed by atoms with Gasteiger partial charge < -0.3 is 34.2 Å². The highest BCUT2D eigenvalue weighted by Crippen LogP contribution is 2.30. The van der Waals surface area contributed by atoms with Crippen molar-refractivity contribution in [2.24, 2.45) is 5.92 Å². The summed E-state index contributed by atoms with van der Waals surface area (Å²) in [5, 5.41) is 6.70. The zero-order valence-electron chi connectivity index (χ0n) is 37.6. The van der Waals surface area contributed by atoms with Gasteiger partial charge in [0.15, 0.2) is 0 Å². The number of carbonyl (C=O) groups is 5. The fraction of sp³-hybridized carbons (Fsp3) is 0.333. The van der Waals surface area contributed by atoms with E-state index in [0.717, 1.165) is 29.5 Å². The lowest BCUT2D eigenvalue weighted by Gasteiger charge is -2.27. The minimum atomic E-state index is -0.936. The molecule has 346 valence electrons. The highest BCUT2D eigenvalue weighted by atomic mass is 35.5. The third-order valence-corrected chi connectivity index (χ3v) is 10.3. The van der Waals surface area contributed by atoms with Gasteiger partial charge in [0.1, 0.15) is 22.8 Å². The van der Waals surface area contributed by atoms with Crippen molar-refractivity contribution in [3.63, 3.8) is 0 Å². The lowest BCUT2D eigenvalue weighted by Crippen LogP contribution is -2.46. The van der Waals surface area contributed by atoms with Gasteiger partial charge in [0.25, 0.3) is 6.47 Å². The summed E-state index contributed by atoms with van der Waals surface area (Å²) < 4.78 is 20.1. The largest absolute Gasteiger partial charge is 0.428 e. The smallest absolute Gasteiger partial charge is 0.415 e. The number of benzene rings is 3. The Labute approximate surface area is 386 Å². The van der Waals surface area contributed by atoms with Crippen LogP contribution in [0.3, 0.4) is 0 Å². The normalized spacial score (nSPS) is 12.7. The first-order valence-electron chi connectivity index (χ1n) is 21.5. The van der Waals surface area contributed by atoms with Crippen molar-refractivity contribution in [2.45, 2.75) is 84.6 Å². The monoisotopic (exact) mass is 909 g/mol. The molecule has 0 spiro atoms. The maximum atomic E-state index is 12.7. The van der Waals surface area contributed by atoms with Gasteiger partial charge in [-0.1, -0.05) is 106 Å². The summed E-state index contributed by atoms with van der Waals surface area (Å²) in [5.74, 6) is 1.47. The third-order valence-electron chi connectivity index (χ3n) is 10.2. The summed E-state index contributed by atoms with van der Waals surface area (Å²) in [6.45, 7) is 14.5. The van der Waals surface area contributed by atoms with Crippen LogP contribution in [-0.4, -0.2) is 60.9 Å². The topological polar surface area (TPSA) is 171 Å². The fourth-order valence-corrected chi connectivity index (χ4v) is 6.90. The Bertz CT molecular complexity index is 2330. The number of rotatable bonds is 18. The van der Waals surface area contributed by atoms with Gasteiger partial charge in [-0.3, -0.25) is 14.4 Å². The third kappa shape index (κ3) is 19.7. The average Bonchev–Trinajstić information content (AvgIpc) is 3.27. The SMILES string of the molecule is C=C(C)c1ccc(OC(=O)N(C)C(CCC)CNC(=O)Cc2ccccc2)cc1OC=O.C=C/C=C\C=C\CC(=O)NCC1CCCCC1.Cc1cc(=O)oc2cc(OC(=O)Cl)ccc12. The number of hydrogen-bond donors (Lipinski definition) is 2. The van der Waals surface area contributed by atoms with Crippen molar-refractivity contribution < 1.29 is 42.6 Å². The van der Waals surface area contributed by atoms with Crippen molar-refractivity contribution in [2.75, 3.05) is 20.1 Å². The van der Waals surface area contributed by atoms with E-state index in [1.807, 2.05) is 61.6 Å². The Morgan fingerprint density at radius 2 is 1.63 bits per heavy atom. The zero-order valence-corrected chi connectivity index (χ0v) is 38.4. The molecule has 0 aliphatic heterocycles. The van der Waals surface area contributed by atoms with E-state index < -0.39 is 17.1 Å². The van der Waals surface area contributed by atoms with Crippen LogP contribution in [-0.2, 0) is 20.8 Å². The predicted molar refractivity (Wildman–Crippen MR) is 255 cm³/mol. The highest BCUT2D eigenvalue weighted by Gasteiger charge is 2.22. The van der Waals surface area contributed by atoms with Crippen LogP contribution < -0.4 is 30.5 Å². The fourth-order valence-electron chi connectivity index (χ4n) is 6.81. The molecule has 1 heterocycles. The molecule has 1 saturated carbocycles. The second kappa shape index (κ2) is 28.9. The van der Waals surface area contributed by atoms with Crippen LogP contribution in [0.4, 0.5) is 9.59 Å². The lowest BCUT2D eigenvalue weighted by atomic mass is 9.89. The number of hydrogen-bond acceptors (Lipinski definition) is 10. The summed E-state index contributed by atoms with van der Waals surface area (Å²) in [4.78, 5) is 70.5. The number of carbonyl (C=O) groups excluding carboxylic acids is 5. The van der Waals surface area contributed by atoms with Crippen molar-refractivity contribution in [1.82, 2.24) is 15.5 Å². The summed E-state index contributed by atoms with van der Waals surface area (Å²) in [6.07, 6.45) is 17.5. The highest BCUT2D eigenvalue weighted by molar-refractivity contribution is 6.61. The van der Waals surface area contributed by atoms with Gasteiger partial charge >= 0.3 is 17.1 Å². The molecule has 2 N–H and O–H groups in total. The Morgan fingerprint density at radius 3 is 2.29 bits per heavy atom. The summed E-state index contributed by atoms with van der Waals surface area (Å²) >= 11 is 5.07. The van der Waals surface area contributed by atoms with Crippen molar-refractivity contribution in [3.05, 3.63) is 143 Å². The Morgan fingerprint density at radius 1 is 0.923 bits per heavy atom. The number of halogens is 1. The molecule has 1 atom stereocenters. The van der Waals surface area contributed by atoms with Crippen molar-refractivity contribution >= 4 is 58.0 Å². The van der Waals surface area contributed by atoms with Gasteiger partial charge in [0.2, 0.25) is 11.8 Å². The van der Waals surface area contributed by atoms with Crippen molar-refractivity contribution in [3.8, 4) is 17.2 Å². The maximum Gasteiger partial charge on any atom is 0.415 e. The molecule has 0 saturated heterocycles. The molecule has 1 aliphatic rings. The standard InChI is InChI=1S/C25H30N2O5.C15H23NO.C11H7ClO4/c1-5-9-20(16-26-24(29)14-19-10-7-6-8-11-19)27(4)25(30)32-21-12-13-22(18(2)3)23(15-21)31-17-28;1-2-3-4-5-9-12-15(17)16-13-14-10-7-6-8-11-14;1-6-4-10(13)16-9-5-7(15-11(12)14)2-3-8(6)9/h6-8,10-13,15,17,20H,2,5,9,14,16H2,1,3-4H3,(H,26,29);2-5,9,14H,1,6-8,10-13H2,(H,16,17);2-5H,1H3/b;4-3-,9-5+;. The molecule has 1 aromatic heterocycles. The van der Waals surface area contributed by atoms with E-state index in [9.17, 15) is 28.8 Å². The van der Waals surface area contributed by atoms with Gasteiger partial charge in [-0.15, -0.1) is 0 Å². The van der Waals surface area contributed by atoms with Gasteiger partial charge in [0, 0.05) is 67.3 Å². The molecule has 4 aromatic rings. The van der Waals surface area contributed by atoms with Crippen molar-refractivity contribution in [1.29, 1.82) is 0 Å². The molecule has 0 radical (unpaired) electrons. The van der Waals surface area contributed by atoms with E-state index >= 15 is 0 Å². The predicted octanol–water partition coefficient (Wildman–Crippen LogP) is 10.4. The van der Waals surface area contributed by atoms with Crippen LogP contribution in [0, 0.1) is 12.8 Å². The maximum absolute atomic E-state index is 12.7. The number of nitrogens with zero attached hydrogens (tertiary/aromatic N) is 1. The molecule has 1 fully saturated rings. The van der Waals surface area contributed by atoms with Gasteiger partial charge in [-0.05, 0) is 80.0 Å². The van der Waals surface area contributed by atoms with Crippen LogP contribution in [0.5, 0.6) is 17.2 Å². The Balaban J connectivity index is 0.000000285. The lowest BCUT2D eigenvalue weighted by molar-refractivity contribution is -0.121. The zero-order chi connectivity index (χ0) is 47.6. The van der Waals surface area contributed by atoms with Crippen LogP contribution >= 0.6 is 11.6 Å². The second-order valence-electron chi connectivity index (χ2n) is 15.3. The molecule has 3 amide bonds.